The largest absolute Gasteiger partial charge is 0.524 e. The van der Waals surface area contributed by atoms with Gasteiger partial charge in [-0.25, -0.2) is 17.7 Å². The molecular formula is C58H65N8O14PS. The molecule has 0 radical (unpaired) electrons. The molecule has 6 aliphatic rings. The fourth-order valence-electron chi connectivity index (χ4n) is 13.0. The third kappa shape index (κ3) is 11.5. The van der Waals surface area contributed by atoms with Gasteiger partial charge in [-0.3, -0.25) is 39.0 Å². The molecule has 5 fully saturated rings. The van der Waals surface area contributed by atoms with E-state index in [0.29, 0.717) is 59.8 Å². The Kier molecular flexibility index (Phi) is 15.3. The Balaban J connectivity index is 0.820. The number of amides is 1. The highest BCUT2D eigenvalue weighted by Gasteiger charge is 2.50. The molecule has 24 heteroatoms. The molecule has 22 nitrogen and oxygen atoms in total. The average molecular weight is 1160 g/mol. The van der Waals surface area contributed by atoms with Crippen molar-refractivity contribution in [2.45, 2.75) is 101 Å². The van der Waals surface area contributed by atoms with Gasteiger partial charge in [-0.2, -0.15) is 4.98 Å². The number of esters is 1. The van der Waals surface area contributed by atoms with Gasteiger partial charge in [-0.15, -0.1) is 0 Å². The Labute approximate surface area is 474 Å². The van der Waals surface area contributed by atoms with E-state index in [1.165, 1.54) is 60.4 Å². The number of nitro benzene ring substituents is 1. The number of fused-ring (bicyclic) bond motifs is 3. The van der Waals surface area contributed by atoms with Crippen molar-refractivity contribution >= 4 is 69.2 Å². The number of phosphoric ester groups is 1. The molecule has 5 aliphatic heterocycles. The van der Waals surface area contributed by atoms with Gasteiger partial charge >= 0.3 is 13.8 Å². The molecule has 12 rings (SSSR count). The molecule has 1 aliphatic carbocycles. The highest BCUT2D eigenvalue weighted by atomic mass is 32.2. The quantitative estimate of drug-likeness (QED) is 0.0289. The Bertz CT molecular complexity index is 3580. The van der Waals surface area contributed by atoms with E-state index in [0.717, 1.165) is 69.9 Å². The Morgan fingerprint density at radius 2 is 1.70 bits per heavy atom. The second kappa shape index (κ2) is 22.6. The molecule has 6 aromatic rings. The van der Waals surface area contributed by atoms with Gasteiger partial charge < -0.3 is 38.6 Å². The summed E-state index contributed by atoms with van der Waals surface area (Å²) in [6.45, 7) is 6.70. The van der Waals surface area contributed by atoms with Crippen molar-refractivity contribution in [1.82, 2.24) is 19.2 Å². The van der Waals surface area contributed by atoms with Gasteiger partial charge in [-0.1, -0.05) is 36.4 Å². The number of pyridine rings is 1. The number of nitrogens with one attached hydrogen (secondary N) is 2. The number of nitrogens with zero attached hydrogens (tertiary/aromatic N) is 6. The number of phosphoric acid groups is 1. The molecule has 0 unspecified atom stereocenters. The number of aryl methyl sites for hydroxylation is 1. The van der Waals surface area contributed by atoms with Crippen LogP contribution in [-0.4, -0.2) is 120 Å². The first kappa shape index (κ1) is 55.4. The zero-order valence-electron chi connectivity index (χ0n) is 45.3. The van der Waals surface area contributed by atoms with Crippen LogP contribution in [0.15, 0.2) is 108 Å². The Morgan fingerprint density at radius 1 is 0.915 bits per heavy atom. The molecule has 2 aromatic heterocycles. The molecule has 1 amide bonds. The van der Waals surface area contributed by atoms with Gasteiger partial charge in [0.1, 0.15) is 28.9 Å². The third-order valence-electron chi connectivity index (χ3n) is 17.3. The monoisotopic (exact) mass is 1160 g/mol. The van der Waals surface area contributed by atoms with Crippen LogP contribution in [0.1, 0.15) is 84.5 Å². The van der Waals surface area contributed by atoms with Crippen LogP contribution >= 0.6 is 7.82 Å². The minimum Gasteiger partial charge on any atom is -0.468 e. The smallest absolute Gasteiger partial charge is 0.468 e. The van der Waals surface area contributed by atoms with Crippen molar-refractivity contribution in [3.05, 3.63) is 136 Å². The number of anilines is 4. The maximum Gasteiger partial charge on any atom is 0.524 e. The highest BCUT2D eigenvalue weighted by Crippen LogP contribution is 2.55. The summed E-state index contributed by atoms with van der Waals surface area (Å²) in [5.41, 5.74) is 5.40. The molecule has 4 N–H and O–H groups in total. The summed E-state index contributed by atoms with van der Waals surface area (Å²) in [6.07, 6.45) is 9.25. The van der Waals surface area contributed by atoms with Gasteiger partial charge in [0.25, 0.3) is 21.6 Å². The normalized spacial score (nSPS) is 21.1. The lowest BCUT2D eigenvalue weighted by Gasteiger charge is -2.56. The predicted octanol–water partition coefficient (Wildman–Crippen LogP) is 8.31. The Hall–Kier alpha value is -7.11. The molecule has 4 aromatic carbocycles. The summed E-state index contributed by atoms with van der Waals surface area (Å²) < 4.78 is 72.0. The number of piperidine rings is 1. The molecule has 1 spiro atoms. The van der Waals surface area contributed by atoms with E-state index in [9.17, 15) is 32.7 Å². The van der Waals surface area contributed by atoms with Crippen LogP contribution in [0.25, 0.3) is 11.0 Å². The van der Waals surface area contributed by atoms with Gasteiger partial charge in [0.05, 0.1) is 46.7 Å². The molecular weight excluding hydrogens is 1100 g/mol. The number of likely N-dealkylation sites (tertiary alicyclic amines) is 1. The van der Waals surface area contributed by atoms with Crippen molar-refractivity contribution in [3.8, 4) is 11.6 Å². The molecule has 0 bridgehead atoms. The van der Waals surface area contributed by atoms with E-state index >= 15 is 0 Å². The minimum atomic E-state index is -4.75. The average Bonchev–Trinajstić information content (AvgIpc) is 2.61. The first-order valence-corrected chi connectivity index (χ1v) is 30.9. The van der Waals surface area contributed by atoms with Crippen LogP contribution in [-0.2, 0) is 46.7 Å². The van der Waals surface area contributed by atoms with E-state index in [2.05, 4.69) is 55.6 Å². The summed E-state index contributed by atoms with van der Waals surface area (Å²) in [5, 5.41) is 16.2. The van der Waals surface area contributed by atoms with Crippen LogP contribution in [0.5, 0.6) is 11.6 Å². The SMILES string of the molecule is Cc1ccccc1[C@@H]1CCCN1C1CC2(CCN(c3ccc(C(=O)NS(=O)(=O)c4ccc(NCC5CCOCC5)c([N+](=O)[O-])c4)c(N4c5cc6ccn(COC(=O)Cc7ccc(OP(=O)(O)O)cc7)c6nc5O[C@@H]5COC[C@H]54)c3)CC2)C1. The van der Waals surface area contributed by atoms with Gasteiger partial charge in [0, 0.05) is 68.3 Å². The lowest BCUT2D eigenvalue weighted by atomic mass is 9.59. The summed E-state index contributed by atoms with van der Waals surface area (Å²) in [5.74, 6) is -1.15. The molecule has 7 heterocycles. The number of rotatable bonds is 17. The highest BCUT2D eigenvalue weighted by molar-refractivity contribution is 7.90. The zero-order valence-corrected chi connectivity index (χ0v) is 47.0. The van der Waals surface area contributed by atoms with E-state index < -0.39 is 57.4 Å². The summed E-state index contributed by atoms with van der Waals surface area (Å²) in [4.78, 5) is 69.4. The third-order valence-corrected chi connectivity index (χ3v) is 19.1. The van der Waals surface area contributed by atoms with Crippen molar-refractivity contribution in [2.24, 2.45) is 11.3 Å². The molecule has 4 saturated heterocycles. The Morgan fingerprint density at radius 3 is 2.45 bits per heavy atom. The number of hydrogen-bond acceptors (Lipinski definition) is 17. The van der Waals surface area contributed by atoms with Crippen LogP contribution in [0.4, 0.5) is 28.4 Å². The topological polar surface area (TPSA) is 267 Å². The predicted molar refractivity (Wildman–Crippen MR) is 303 cm³/mol. The van der Waals surface area contributed by atoms with Gasteiger partial charge in [0.2, 0.25) is 5.88 Å². The van der Waals surface area contributed by atoms with Crippen molar-refractivity contribution in [1.29, 1.82) is 0 Å². The van der Waals surface area contributed by atoms with Crippen LogP contribution in [0.3, 0.4) is 0 Å². The first-order chi connectivity index (χ1) is 39.5. The maximum absolute atomic E-state index is 14.8. The maximum atomic E-state index is 14.8. The first-order valence-electron chi connectivity index (χ1n) is 27.9. The number of carbonyl (C=O) groups excluding carboxylic acids is 2. The minimum absolute atomic E-state index is 0.0211. The standard InChI is InChI=1S/C58H65N8O14PS/c1-37-5-2-3-6-45(37)48-7-4-21-64(48)42-31-58(32-42)19-23-62(24-20-58)41-10-14-46(56(68)61-82(74,75)44-13-15-47(50(30-44)66(69)70)59-33-39-17-25-76-26-18-39)49(29-41)65-51-28-40-16-22-63(55(40)60-57(51)79-53-35-77-34-52(53)65)36-78-54(67)27-38-8-11-43(12-9-38)80-81(71,72)73/h2-3,5-6,8-16,22,28-30,39,42,48,52-53,59H,4,7,17-21,23-27,31-36H2,1H3,(H,61,68)(H2,71,72,73)/t48-,52+,53+/m0/s1. The van der Waals surface area contributed by atoms with Gasteiger partial charge in [-0.05, 0) is 147 Å². The number of carbonyl (C=O) groups is 2. The van der Waals surface area contributed by atoms with Crippen LogP contribution in [0, 0.1) is 28.4 Å². The van der Waals surface area contributed by atoms with Crippen molar-refractivity contribution in [3.63, 3.8) is 0 Å². The van der Waals surface area contributed by atoms with E-state index in [1.807, 2.05) is 23.1 Å². The van der Waals surface area contributed by atoms with Crippen LogP contribution < -0.4 is 29.1 Å². The number of benzene rings is 4. The van der Waals surface area contributed by atoms with E-state index in [4.69, 9.17) is 33.7 Å². The fourth-order valence-corrected chi connectivity index (χ4v) is 14.4. The number of ether oxygens (including phenoxy) is 4. The summed E-state index contributed by atoms with van der Waals surface area (Å²) >= 11 is 0. The molecule has 432 valence electrons. The second-order valence-electron chi connectivity index (χ2n) is 22.5. The number of hydrogen-bond donors (Lipinski definition) is 4. The summed E-state index contributed by atoms with van der Waals surface area (Å²) in [6, 6.07) is 27.5. The lowest BCUT2D eigenvalue weighted by molar-refractivity contribution is -0.384. The van der Waals surface area contributed by atoms with Gasteiger partial charge in [0.15, 0.2) is 6.73 Å². The van der Waals surface area contributed by atoms with E-state index in [1.54, 1.807) is 22.9 Å². The zero-order chi connectivity index (χ0) is 56.9. The fraction of sp³-hybridized carbons (Fsp3) is 0.431. The number of aromatic nitrogens is 2. The van der Waals surface area contributed by atoms with Crippen LogP contribution in [0.2, 0.25) is 0 Å². The lowest BCUT2D eigenvalue weighted by Crippen LogP contribution is -2.55. The summed E-state index contributed by atoms with van der Waals surface area (Å²) in [7, 11) is -9.44. The number of nitro groups is 1. The molecule has 82 heavy (non-hydrogen) atoms. The molecule has 3 atom stereocenters. The second-order valence-corrected chi connectivity index (χ2v) is 25.3. The molecule has 1 saturated carbocycles. The number of sulfonamides is 1. The van der Waals surface area contributed by atoms with Crippen molar-refractivity contribution in [2.75, 3.05) is 67.7 Å². The van der Waals surface area contributed by atoms with Crippen molar-refractivity contribution < 1.29 is 60.8 Å². The van der Waals surface area contributed by atoms with E-state index in [-0.39, 0.29) is 60.6 Å².